The third-order valence-corrected chi connectivity index (χ3v) is 3.89. The first-order valence-corrected chi connectivity index (χ1v) is 8.04. The fourth-order valence-electron chi connectivity index (χ4n) is 2.50. The molecule has 0 unspecified atom stereocenters. The van der Waals surface area contributed by atoms with Crippen LogP contribution in [0.4, 0.5) is 8.78 Å². The Kier molecular flexibility index (Phi) is 5.22. The largest absolute Gasteiger partial charge is 0.352 e. The van der Waals surface area contributed by atoms with Gasteiger partial charge in [-0.2, -0.15) is 0 Å². The number of rotatable bonds is 5. The van der Waals surface area contributed by atoms with E-state index in [-0.39, 0.29) is 17.3 Å². The van der Waals surface area contributed by atoms with Crippen molar-refractivity contribution in [2.45, 2.75) is 6.42 Å². The van der Waals surface area contributed by atoms with Crippen molar-refractivity contribution in [1.82, 2.24) is 9.88 Å². The summed E-state index contributed by atoms with van der Waals surface area (Å²) in [7, 11) is 0. The second-order valence-electron chi connectivity index (χ2n) is 5.73. The predicted molar refractivity (Wildman–Crippen MR) is 94.4 cm³/mol. The highest BCUT2D eigenvalue weighted by Crippen LogP contribution is 2.08. The van der Waals surface area contributed by atoms with Gasteiger partial charge in [0.05, 0.1) is 5.56 Å². The minimum Gasteiger partial charge on any atom is -0.352 e. The molecule has 0 radical (unpaired) electrons. The molecule has 0 aliphatic carbocycles. The Labute approximate surface area is 148 Å². The number of aromatic nitrogens is 1. The van der Waals surface area contributed by atoms with E-state index in [1.165, 1.54) is 59.3 Å². The molecule has 3 aromatic rings. The lowest BCUT2D eigenvalue weighted by atomic mass is 10.1. The van der Waals surface area contributed by atoms with Crippen LogP contribution in [0.2, 0.25) is 0 Å². The van der Waals surface area contributed by atoms with Gasteiger partial charge in [-0.15, -0.1) is 0 Å². The van der Waals surface area contributed by atoms with Crippen molar-refractivity contribution in [2.75, 3.05) is 6.54 Å². The summed E-state index contributed by atoms with van der Waals surface area (Å²) in [5.41, 5.74) is 1.37. The van der Waals surface area contributed by atoms with E-state index < -0.39 is 5.82 Å². The normalized spacial score (nSPS) is 10.5. The molecule has 3 rings (SSSR count). The molecule has 1 amide bonds. The van der Waals surface area contributed by atoms with E-state index in [4.69, 9.17) is 0 Å². The quantitative estimate of drug-likeness (QED) is 0.766. The topological polar surface area (TPSA) is 51.1 Å². The average molecular weight is 354 g/mol. The van der Waals surface area contributed by atoms with Crippen LogP contribution in [0, 0.1) is 11.6 Å². The first kappa shape index (κ1) is 17.5. The van der Waals surface area contributed by atoms with Gasteiger partial charge < -0.3 is 5.32 Å². The minimum absolute atomic E-state index is 0.305. The van der Waals surface area contributed by atoms with Crippen LogP contribution in [0.5, 0.6) is 0 Å². The van der Waals surface area contributed by atoms with Crippen LogP contribution >= 0.6 is 0 Å². The van der Waals surface area contributed by atoms with Crippen LogP contribution < -0.4 is 10.9 Å². The molecule has 132 valence electrons. The molecular weight excluding hydrogens is 338 g/mol. The monoisotopic (exact) mass is 354 g/mol. The van der Waals surface area contributed by atoms with Crippen LogP contribution in [0.3, 0.4) is 0 Å². The Morgan fingerprint density at radius 3 is 2.15 bits per heavy atom. The van der Waals surface area contributed by atoms with Crippen LogP contribution in [0.25, 0.3) is 5.69 Å². The fraction of sp³-hybridized carbons (Fsp3) is 0.100. The summed E-state index contributed by atoms with van der Waals surface area (Å²) >= 11 is 0. The molecule has 1 N–H and O–H groups in total. The number of carbonyl (C=O) groups excluding carboxylic acids is 1. The van der Waals surface area contributed by atoms with Crippen LogP contribution in [0.15, 0.2) is 71.7 Å². The van der Waals surface area contributed by atoms with Gasteiger partial charge >= 0.3 is 0 Å². The Morgan fingerprint density at radius 2 is 1.50 bits per heavy atom. The lowest BCUT2D eigenvalue weighted by Crippen LogP contribution is -2.27. The molecule has 0 atom stereocenters. The number of hydrogen-bond acceptors (Lipinski definition) is 2. The first-order chi connectivity index (χ1) is 12.5. The number of amides is 1. The highest BCUT2D eigenvalue weighted by Gasteiger charge is 2.08. The number of hydrogen-bond donors (Lipinski definition) is 1. The number of benzene rings is 2. The predicted octanol–water partition coefficient (Wildman–Crippen LogP) is 3.09. The van der Waals surface area contributed by atoms with Gasteiger partial charge in [0, 0.05) is 24.5 Å². The third-order valence-electron chi connectivity index (χ3n) is 3.89. The highest BCUT2D eigenvalue weighted by atomic mass is 19.1. The molecule has 2 aromatic carbocycles. The van der Waals surface area contributed by atoms with Gasteiger partial charge in [0.1, 0.15) is 11.6 Å². The zero-order valence-corrected chi connectivity index (χ0v) is 13.8. The Bertz CT molecular complexity index is 964. The van der Waals surface area contributed by atoms with E-state index in [0.717, 1.165) is 5.56 Å². The maximum absolute atomic E-state index is 13.0. The molecule has 6 heteroatoms. The summed E-state index contributed by atoms with van der Waals surface area (Å²) < 4.78 is 27.2. The zero-order chi connectivity index (χ0) is 18.5. The number of halogens is 2. The van der Waals surface area contributed by atoms with Crippen molar-refractivity contribution in [3.05, 3.63) is 100.0 Å². The third kappa shape index (κ3) is 4.22. The molecule has 0 bridgehead atoms. The maximum atomic E-state index is 13.0. The van der Waals surface area contributed by atoms with Crippen molar-refractivity contribution < 1.29 is 13.6 Å². The summed E-state index contributed by atoms with van der Waals surface area (Å²) in [6.45, 7) is 0.375. The van der Waals surface area contributed by atoms with Crippen molar-refractivity contribution in [1.29, 1.82) is 0 Å². The number of carbonyl (C=O) groups is 1. The van der Waals surface area contributed by atoms with Gasteiger partial charge in [0.15, 0.2) is 0 Å². The lowest BCUT2D eigenvalue weighted by molar-refractivity contribution is 0.0953. The smallest absolute Gasteiger partial charge is 0.255 e. The van der Waals surface area contributed by atoms with Gasteiger partial charge in [-0.1, -0.05) is 12.1 Å². The summed E-state index contributed by atoms with van der Waals surface area (Å²) in [6.07, 6.45) is 1.98. The SMILES string of the molecule is O=C(NCCc1ccc(F)cc1)c1ccc(=O)n(-c2ccc(F)cc2)c1. The van der Waals surface area contributed by atoms with Crippen molar-refractivity contribution in [2.24, 2.45) is 0 Å². The standard InChI is InChI=1S/C20H16F2N2O2/c21-16-4-1-14(2-5-16)11-12-23-20(26)15-3-10-19(25)24(13-15)18-8-6-17(22)7-9-18/h1-10,13H,11-12H2,(H,23,26). The molecule has 0 fully saturated rings. The van der Waals surface area contributed by atoms with Crippen molar-refractivity contribution in [3.8, 4) is 5.69 Å². The Balaban J connectivity index is 1.69. The van der Waals surface area contributed by atoms with Crippen LogP contribution in [-0.2, 0) is 6.42 Å². The van der Waals surface area contributed by atoms with E-state index in [9.17, 15) is 18.4 Å². The van der Waals surface area contributed by atoms with Gasteiger partial charge in [-0.3, -0.25) is 14.2 Å². The molecule has 1 heterocycles. The number of pyridine rings is 1. The molecular formula is C20H16F2N2O2. The van der Waals surface area contributed by atoms with Crippen LogP contribution in [0.1, 0.15) is 15.9 Å². The number of nitrogens with one attached hydrogen (secondary N) is 1. The molecule has 0 saturated carbocycles. The molecule has 4 nitrogen and oxygen atoms in total. The number of nitrogens with zero attached hydrogens (tertiary/aromatic N) is 1. The second kappa shape index (κ2) is 7.74. The van der Waals surface area contributed by atoms with Crippen LogP contribution in [-0.4, -0.2) is 17.0 Å². The van der Waals surface area contributed by atoms with Gasteiger partial charge in [-0.25, -0.2) is 8.78 Å². The molecule has 0 saturated heterocycles. The zero-order valence-electron chi connectivity index (χ0n) is 13.8. The Hall–Kier alpha value is -3.28. The van der Waals surface area contributed by atoms with Gasteiger partial charge in [0.25, 0.3) is 11.5 Å². The van der Waals surface area contributed by atoms with E-state index in [0.29, 0.717) is 24.2 Å². The first-order valence-electron chi connectivity index (χ1n) is 8.04. The van der Waals surface area contributed by atoms with Gasteiger partial charge in [0.2, 0.25) is 0 Å². The summed E-state index contributed by atoms with van der Waals surface area (Å²) in [6, 6.07) is 14.2. The Morgan fingerprint density at radius 1 is 0.885 bits per heavy atom. The van der Waals surface area contributed by atoms with E-state index in [1.54, 1.807) is 12.1 Å². The second-order valence-corrected chi connectivity index (χ2v) is 5.73. The molecule has 0 spiro atoms. The lowest BCUT2D eigenvalue weighted by Gasteiger charge is -2.09. The summed E-state index contributed by atoms with van der Waals surface area (Å²) in [4.78, 5) is 24.3. The van der Waals surface area contributed by atoms with Crippen molar-refractivity contribution >= 4 is 5.91 Å². The highest BCUT2D eigenvalue weighted by molar-refractivity contribution is 5.93. The van der Waals surface area contributed by atoms with Gasteiger partial charge in [-0.05, 0) is 54.4 Å². The maximum Gasteiger partial charge on any atom is 0.255 e. The molecule has 1 aromatic heterocycles. The van der Waals surface area contributed by atoms with E-state index in [1.807, 2.05) is 0 Å². The van der Waals surface area contributed by atoms with E-state index in [2.05, 4.69) is 5.32 Å². The summed E-state index contributed by atoms with van der Waals surface area (Å²) in [5, 5.41) is 2.76. The molecule has 0 aliphatic rings. The molecule has 26 heavy (non-hydrogen) atoms. The molecule has 0 aliphatic heterocycles. The fourth-order valence-corrected chi connectivity index (χ4v) is 2.50. The van der Waals surface area contributed by atoms with Crippen molar-refractivity contribution in [3.63, 3.8) is 0 Å². The minimum atomic E-state index is -0.406. The van der Waals surface area contributed by atoms with E-state index >= 15 is 0 Å². The average Bonchev–Trinajstić information content (AvgIpc) is 2.64. The summed E-state index contributed by atoms with van der Waals surface area (Å²) in [5.74, 6) is -1.04.